The van der Waals surface area contributed by atoms with Crippen molar-refractivity contribution in [3.8, 4) is 0 Å². The summed E-state index contributed by atoms with van der Waals surface area (Å²) in [6, 6.07) is 3.67. The highest BCUT2D eigenvalue weighted by Crippen LogP contribution is 2.27. The van der Waals surface area contributed by atoms with Crippen molar-refractivity contribution >= 4 is 15.7 Å². The van der Waals surface area contributed by atoms with Crippen LogP contribution in [0.2, 0.25) is 0 Å². The lowest BCUT2D eigenvalue weighted by Crippen LogP contribution is -2.52. The molecule has 0 saturated carbocycles. The molecule has 1 heterocycles. The first-order chi connectivity index (χ1) is 9.23. The number of nitrogens with two attached hydrogens (primary N) is 1. The van der Waals surface area contributed by atoms with Gasteiger partial charge in [-0.1, -0.05) is 0 Å². The van der Waals surface area contributed by atoms with E-state index in [1.165, 1.54) is 0 Å². The fraction of sp³-hybridized carbons (Fsp3) is 0.571. The van der Waals surface area contributed by atoms with Crippen LogP contribution in [0.25, 0.3) is 0 Å². The van der Waals surface area contributed by atoms with Crippen LogP contribution in [-0.2, 0) is 10.0 Å². The number of piperazine rings is 1. The van der Waals surface area contributed by atoms with Crippen LogP contribution in [0.4, 0.5) is 5.69 Å². The Labute approximate surface area is 121 Å². The minimum absolute atomic E-state index is 0.230. The van der Waals surface area contributed by atoms with Gasteiger partial charge in [-0.15, -0.1) is 0 Å². The van der Waals surface area contributed by atoms with Gasteiger partial charge in [0.1, 0.15) is 0 Å². The van der Waals surface area contributed by atoms with Crippen LogP contribution in [0.5, 0.6) is 0 Å². The number of aryl methyl sites for hydroxylation is 2. The zero-order valence-corrected chi connectivity index (χ0v) is 13.4. The molecule has 1 aliphatic rings. The van der Waals surface area contributed by atoms with E-state index in [9.17, 15) is 8.42 Å². The second kappa shape index (κ2) is 5.35. The quantitative estimate of drug-likeness (QED) is 0.833. The maximum Gasteiger partial charge on any atom is 0.243 e. The van der Waals surface area contributed by atoms with Gasteiger partial charge in [0.05, 0.1) is 4.90 Å². The van der Waals surface area contributed by atoms with Crippen LogP contribution >= 0.6 is 0 Å². The van der Waals surface area contributed by atoms with Gasteiger partial charge in [-0.05, 0) is 51.1 Å². The average Bonchev–Trinajstić information content (AvgIpc) is 2.30. The molecule has 0 aliphatic carbocycles. The van der Waals surface area contributed by atoms with Crippen molar-refractivity contribution in [2.24, 2.45) is 0 Å². The van der Waals surface area contributed by atoms with Crippen molar-refractivity contribution in [2.45, 2.75) is 31.7 Å². The lowest BCUT2D eigenvalue weighted by molar-refractivity contribution is 0.159. The summed E-state index contributed by atoms with van der Waals surface area (Å²) in [6.45, 7) is 7.47. The van der Waals surface area contributed by atoms with E-state index in [0.717, 1.165) is 6.54 Å². The summed E-state index contributed by atoms with van der Waals surface area (Å²) in [4.78, 5) is 2.58. The first-order valence-corrected chi connectivity index (χ1v) is 8.24. The van der Waals surface area contributed by atoms with E-state index < -0.39 is 10.0 Å². The Kier molecular flexibility index (Phi) is 4.09. The number of likely N-dealkylation sites (N-methyl/N-ethyl adjacent to an activating group) is 1. The van der Waals surface area contributed by atoms with Crippen molar-refractivity contribution < 1.29 is 8.42 Å². The summed E-state index contributed by atoms with van der Waals surface area (Å²) < 4.78 is 27.3. The molecule has 1 fully saturated rings. The van der Waals surface area contributed by atoms with Crippen LogP contribution in [0.3, 0.4) is 0 Å². The Balaban J connectivity index is 2.41. The van der Waals surface area contributed by atoms with Crippen LogP contribution in [-0.4, -0.2) is 50.3 Å². The smallest absolute Gasteiger partial charge is 0.243 e. The third kappa shape index (κ3) is 2.68. The van der Waals surface area contributed by atoms with E-state index in [4.69, 9.17) is 5.73 Å². The molecule has 1 aromatic rings. The average molecular weight is 297 g/mol. The predicted molar refractivity (Wildman–Crippen MR) is 81.2 cm³/mol. The van der Waals surface area contributed by atoms with Gasteiger partial charge in [0.2, 0.25) is 10.0 Å². The second-order valence-electron chi connectivity index (χ2n) is 5.68. The molecule has 0 spiro atoms. The molecule has 6 heteroatoms. The number of sulfonamides is 1. The summed E-state index contributed by atoms with van der Waals surface area (Å²) in [5.74, 6) is 0. The number of hydrogen-bond acceptors (Lipinski definition) is 4. The summed E-state index contributed by atoms with van der Waals surface area (Å²) >= 11 is 0. The van der Waals surface area contributed by atoms with E-state index in [2.05, 4.69) is 4.90 Å². The minimum atomic E-state index is -3.45. The first-order valence-electron chi connectivity index (χ1n) is 6.80. The molecular weight excluding hydrogens is 274 g/mol. The summed E-state index contributed by atoms with van der Waals surface area (Å²) in [5.41, 5.74) is 7.81. The van der Waals surface area contributed by atoms with Gasteiger partial charge in [0.15, 0.2) is 0 Å². The van der Waals surface area contributed by atoms with Gasteiger partial charge in [0, 0.05) is 31.4 Å². The number of rotatable bonds is 2. The van der Waals surface area contributed by atoms with Crippen molar-refractivity contribution in [3.05, 3.63) is 23.3 Å². The molecule has 1 aromatic carbocycles. The summed E-state index contributed by atoms with van der Waals surface area (Å²) in [6.07, 6.45) is 0. The van der Waals surface area contributed by atoms with Crippen molar-refractivity contribution in [1.29, 1.82) is 0 Å². The zero-order chi connectivity index (χ0) is 15.1. The highest BCUT2D eigenvalue weighted by atomic mass is 32.2. The number of hydrogen-bond donors (Lipinski definition) is 1. The summed E-state index contributed by atoms with van der Waals surface area (Å²) in [7, 11) is -1.42. The standard InChI is InChI=1S/C14H23N3O2S/c1-10-7-13(15)8-11(2)14(10)20(18,19)17-6-5-16(4)12(3)9-17/h7-8,12H,5-6,9,15H2,1-4H3. The van der Waals surface area contributed by atoms with Crippen molar-refractivity contribution in [2.75, 3.05) is 32.4 Å². The molecule has 0 bridgehead atoms. The molecule has 112 valence electrons. The second-order valence-corrected chi connectivity index (χ2v) is 7.55. The molecule has 1 aliphatic heterocycles. The van der Waals surface area contributed by atoms with Crippen LogP contribution in [0, 0.1) is 13.8 Å². The monoisotopic (exact) mass is 297 g/mol. The van der Waals surface area contributed by atoms with Gasteiger partial charge in [-0.3, -0.25) is 0 Å². The SMILES string of the molecule is Cc1cc(N)cc(C)c1S(=O)(=O)N1CCN(C)C(C)C1. The number of nitrogen functional groups attached to an aromatic ring is 1. The number of anilines is 1. The Morgan fingerprint density at radius 1 is 1.20 bits per heavy atom. The minimum Gasteiger partial charge on any atom is -0.399 e. The topological polar surface area (TPSA) is 66.6 Å². The van der Waals surface area contributed by atoms with E-state index in [1.807, 2.05) is 14.0 Å². The largest absolute Gasteiger partial charge is 0.399 e. The van der Waals surface area contributed by atoms with Crippen molar-refractivity contribution in [1.82, 2.24) is 9.21 Å². The highest BCUT2D eigenvalue weighted by Gasteiger charge is 2.32. The maximum atomic E-state index is 12.9. The van der Waals surface area contributed by atoms with Crippen LogP contribution in [0.15, 0.2) is 17.0 Å². The molecule has 0 aromatic heterocycles. The third-order valence-electron chi connectivity index (χ3n) is 4.00. The molecule has 2 N–H and O–H groups in total. The van der Waals surface area contributed by atoms with Gasteiger partial charge >= 0.3 is 0 Å². The van der Waals surface area contributed by atoms with Crippen LogP contribution < -0.4 is 5.73 Å². The maximum absolute atomic E-state index is 12.9. The number of benzene rings is 1. The first kappa shape index (κ1) is 15.3. The summed E-state index contributed by atoms with van der Waals surface area (Å²) in [5, 5.41) is 0. The van der Waals surface area contributed by atoms with Gasteiger partial charge in [-0.25, -0.2) is 8.42 Å². The van der Waals surface area contributed by atoms with E-state index >= 15 is 0 Å². The highest BCUT2D eigenvalue weighted by molar-refractivity contribution is 7.89. The molecule has 2 rings (SSSR count). The Morgan fingerprint density at radius 3 is 2.25 bits per heavy atom. The van der Waals surface area contributed by atoms with Gasteiger partial charge < -0.3 is 10.6 Å². The fourth-order valence-corrected chi connectivity index (χ4v) is 4.68. The Morgan fingerprint density at radius 2 is 1.75 bits per heavy atom. The zero-order valence-electron chi connectivity index (χ0n) is 12.5. The van der Waals surface area contributed by atoms with E-state index in [0.29, 0.717) is 34.8 Å². The van der Waals surface area contributed by atoms with E-state index in [1.54, 1.807) is 30.3 Å². The molecule has 1 unspecified atom stereocenters. The van der Waals surface area contributed by atoms with Crippen molar-refractivity contribution in [3.63, 3.8) is 0 Å². The Hall–Kier alpha value is -1.11. The normalized spacial score (nSPS) is 22.1. The third-order valence-corrected chi connectivity index (χ3v) is 6.17. The molecule has 20 heavy (non-hydrogen) atoms. The van der Waals surface area contributed by atoms with E-state index in [-0.39, 0.29) is 6.04 Å². The molecule has 1 atom stereocenters. The lowest BCUT2D eigenvalue weighted by atomic mass is 10.1. The fourth-order valence-electron chi connectivity index (χ4n) is 2.75. The van der Waals surface area contributed by atoms with Gasteiger partial charge in [0.25, 0.3) is 0 Å². The molecule has 1 saturated heterocycles. The Bertz CT molecular complexity index is 590. The molecule has 5 nitrogen and oxygen atoms in total. The number of nitrogens with zero attached hydrogens (tertiary/aromatic N) is 2. The molecule has 0 radical (unpaired) electrons. The molecular formula is C14H23N3O2S. The van der Waals surface area contributed by atoms with Crippen LogP contribution in [0.1, 0.15) is 18.1 Å². The van der Waals surface area contributed by atoms with Gasteiger partial charge in [-0.2, -0.15) is 4.31 Å². The predicted octanol–water partition coefficient (Wildman–Crippen LogP) is 1.21. The molecule has 0 amide bonds. The lowest BCUT2D eigenvalue weighted by Gasteiger charge is -2.37.